The number of carbonyl (C=O) groups is 1. The first-order chi connectivity index (χ1) is 5.25. The number of rotatable bonds is 2. The van der Waals surface area contributed by atoms with Gasteiger partial charge in [-0.3, -0.25) is 4.79 Å². The standard InChI is InChI=1S/C7H8N3O/c1-5(11)7-6(8-2)3-9-4-10-7/h3,8H,1-2H3. The second-order valence-electron chi connectivity index (χ2n) is 2.04. The van der Waals surface area contributed by atoms with E-state index >= 15 is 0 Å². The van der Waals surface area contributed by atoms with Gasteiger partial charge in [0.2, 0.25) is 0 Å². The summed E-state index contributed by atoms with van der Waals surface area (Å²) in [6.45, 7) is 1.46. The number of ketones is 1. The van der Waals surface area contributed by atoms with E-state index in [2.05, 4.69) is 21.6 Å². The molecular formula is C7H8N3O. The predicted octanol–water partition coefficient (Wildman–Crippen LogP) is 0.521. The summed E-state index contributed by atoms with van der Waals surface area (Å²) >= 11 is 0. The van der Waals surface area contributed by atoms with Crippen molar-refractivity contribution in [2.75, 3.05) is 12.4 Å². The maximum absolute atomic E-state index is 10.9. The molecule has 0 unspecified atom stereocenters. The van der Waals surface area contributed by atoms with Crippen LogP contribution < -0.4 is 5.32 Å². The minimum absolute atomic E-state index is 0.0898. The molecule has 1 heterocycles. The second kappa shape index (κ2) is 3.09. The number of nitrogens with one attached hydrogen (secondary N) is 1. The van der Waals surface area contributed by atoms with Gasteiger partial charge < -0.3 is 5.32 Å². The third-order valence-electron chi connectivity index (χ3n) is 1.27. The molecule has 57 valence electrons. The monoisotopic (exact) mass is 150 g/mol. The molecule has 0 aliphatic heterocycles. The number of anilines is 1. The van der Waals surface area contributed by atoms with E-state index in [0.29, 0.717) is 11.4 Å². The van der Waals surface area contributed by atoms with Gasteiger partial charge in [-0.2, -0.15) is 0 Å². The summed E-state index contributed by atoms with van der Waals surface area (Å²) in [7, 11) is 1.71. The number of Topliss-reactive ketones (excluding diaryl/α,β-unsaturated/α-hetero) is 1. The fraction of sp³-hybridized carbons (Fsp3) is 0.286. The Bertz CT molecular complexity index is 272. The number of nitrogens with zero attached hydrogens (tertiary/aromatic N) is 2. The lowest BCUT2D eigenvalue weighted by molar-refractivity contribution is 0.101. The lowest BCUT2D eigenvalue weighted by Crippen LogP contribution is -2.03. The van der Waals surface area contributed by atoms with Gasteiger partial charge in [-0.1, -0.05) is 0 Å². The van der Waals surface area contributed by atoms with Crippen LogP contribution in [0, 0.1) is 6.33 Å². The van der Waals surface area contributed by atoms with E-state index in [9.17, 15) is 4.79 Å². The minimum atomic E-state index is -0.0898. The number of hydrogen-bond donors (Lipinski definition) is 1. The highest BCUT2D eigenvalue weighted by Gasteiger charge is 2.05. The zero-order chi connectivity index (χ0) is 8.27. The van der Waals surface area contributed by atoms with Gasteiger partial charge in [0, 0.05) is 14.0 Å². The first-order valence-electron chi connectivity index (χ1n) is 3.17. The van der Waals surface area contributed by atoms with Gasteiger partial charge in [-0.15, -0.1) is 0 Å². The smallest absolute Gasteiger partial charge is 0.198 e. The maximum Gasteiger partial charge on any atom is 0.198 e. The zero-order valence-corrected chi connectivity index (χ0v) is 6.38. The quantitative estimate of drug-likeness (QED) is 0.624. The van der Waals surface area contributed by atoms with E-state index in [4.69, 9.17) is 0 Å². The van der Waals surface area contributed by atoms with E-state index in [1.165, 1.54) is 13.1 Å². The van der Waals surface area contributed by atoms with E-state index in [1.807, 2.05) is 0 Å². The Hall–Kier alpha value is -1.45. The predicted molar refractivity (Wildman–Crippen MR) is 40.4 cm³/mol. The van der Waals surface area contributed by atoms with Crippen LogP contribution in [0.1, 0.15) is 17.4 Å². The molecule has 1 radical (unpaired) electrons. The highest BCUT2D eigenvalue weighted by molar-refractivity contribution is 5.97. The second-order valence-corrected chi connectivity index (χ2v) is 2.04. The summed E-state index contributed by atoms with van der Waals surface area (Å²) in [5.74, 6) is -0.0898. The van der Waals surface area contributed by atoms with Crippen molar-refractivity contribution in [1.29, 1.82) is 0 Å². The van der Waals surface area contributed by atoms with Crippen molar-refractivity contribution in [3.8, 4) is 0 Å². The van der Waals surface area contributed by atoms with Crippen molar-refractivity contribution in [2.45, 2.75) is 6.92 Å². The van der Waals surface area contributed by atoms with E-state index in [0.717, 1.165) is 0 Å². The fourth-order valence-corrected chi connectivity index (χ4v) is 0.745. The Kier molecular flexibility index (Phi) is 2.15. The summed E-state index contributed by atoms with van der Waals surface area (Å²) in [5, 5.41) is 2.81. The Morgan fingerprint density at radius 2 is 2.45 bits per heavy atom. The van der Waals surface area contributed by atoms with Crippen molar-refractivity contribution in [2.24, 2.45) is 0 Å². The molecule has 0 saturated carbocycles. The molecule has 0 aliphatic rings. The van der Waals surface area contributed by atoms with Gasteiger partial charge in [0.1, 0.15) is 5.69 Å². The fourth-order valence-electron chi connectivity index (χ4n) is 0.745. The average Bonchev–Trinajstić information content (AvgIpc) is 2.04. The normalized spacial score (nSPS) is 9.27. The van der Waals surface area contributed by atoms with Gasteiger partial charge in [0.15, 0.2) is 12.1 Å². The zero-order valence-electron chi connectivity index (χ0n) is 6.38. The minimum Gasteiger partial charge on any atom is -0.385 e. The van der Waals surface area contributed by atoms with Gasteiger partial charge in [0.25, 0.3) is 0 Å². The number of aromatic nitrogens is 2. The molecule has 0 bridgehead atoms. The Morgan fingerprint density at radius 3 is 2.91 bits per heavy atom. The molecule has 0 aliphatic carbocycles. The highest BCUT2D eigenvalue weighted by atomic mass is 16.1. The van der Waals surface area contributed by atoms with Crippen LogP contribution in [-0.4, -0.2) is 22.8 Å². The van der Waals surface area contributed by atoms with Crippen molar-refractivity contribution >= 4 is 11.5 Å². The van der Waals surface area contributed by atoms with Gasteiger partial charge in [-0.25, -0.2) is 9.97 Å². The topological polar surface area (TPSA) is 54.9 Å². The molecule has 4 heteroatoms. The molecule has 0 fully saturated rings. The average molecular weight is 150 g/mol. The van der Waals surface area contributed by atoms with Crippen LogP contribution in [0.3, 0.4) is 0 Å². The van der Waals surface area contributed by atoms with Crippen LogP contribution in [0.5, 0.6) is 0 Å². The number of hydrogen-bond acceptors (Lipinski definition) is 4. The molecule has 1 N–H and O–H groups in total. The summed E-state index contributed by atoms with van der Waals surface area (Å²) < 4.78 is 0. The summed E-state index contributed by atoms with van der Waals surface area (Å²) in [4.78, 5) is 18.2. The molecule has 0 saturated heterocycles. The SMILES string of the molecule is CNc1cn[c]nc1C(C)=O. The van der Waals surface area contributed by atoms with Crippen LogP contribution in [0.4, 0.5) is 5.69 Å². The van der Waals surface area contributed by atoms with Crippen LogP contribution in [0.15, 0.2) is 6.20 Å². The van der Waals surface area contributed by atoms with Crippen molar-refractivity contribution in [1.82, 2.24) is 9.97 Å². The summed E-state index contributed by atoms with van der Waals surface area (Å²) in [6, 6.07) is 0. The van der Waals surface area contributed by atoms with Crippen LogP contribution in [-0.2, 0) is 0 Å². The van der Waals surface area contributed by atoms with Gasteiger partial charge >= 0.3 is 0 Å². The molecule has 0 atom stereocenters. The van der Waals surface area contributed by atoms with Crippen molar-refractivity contribution < 1.29 is 4.79 Å². The van der Waals surface area contributed by atoms with E-state index < -0.39 is 0 Å². The molecule has 1 aromatic rings. The van der Waals surface area contributed by atoms with Crippen LogP contribution in [0.25, 0.3) is 0 Å². The maximum atomic E-state index is 10.9. The van der Waals surface area contributed by atoms with Crippen LogP contribution >= 0.6 is 0 Å². The summed E-state index contributed by atoms with van der Waals surface area (Å²) in [5.41, 5.74) is 1.01. The number of carbonyl (C=O) groups excluding carboxylic acids is 1. The van der Waals surface area contributed by atoms with Gasteiger partial charge in [-0.05, 0) is 0 Å². The van der Waals surface area contributed by atoms with E-state index in [1.54, 1.807) is 7.05 Å². The van der Waals surface area contributed by atoms with Crippen molar-refractivity contribution in [3.63, 3.8) is 0 Å². The first kappa shape index (κ1) is 7.65. The molecule has 11 heavy (non-hydrogen) atoms. The lowest BCUT2D eigenvalue weighted by Gasteiger charge is -2.01. The highest BCUT2D eigenvalue weighted by Crippen LogP contribution is 2.08. The summed E-state index contributed by atoms with van der Waals surface area (Å²) in [6.07, 6.45) is 3.87. The van der Waals surface area contributed by atoms with Crippen molar-refractivity contribution in [3.05, 3.63) is 18.2 Å². The molecule has 0 aromatic carbocycles. The molecule has 0 spiro atoms. The Labute approximate surface area is 64.7 Å². The first-order valence-corrected chi connectivity index (χ1v) is 3.17. The molecular weight excluding hydrogens is 142 g/mol. The molecule has 1 rings (SSSR count). The lowest BCUT2D eigenvalue weighted by atomic mass is 10.2. The third-order valence-corrected chi connectivity index (χ3v) is 1.27. The van der Waals surface area contributed by atoms with E-state index in [-0.39, 0.29) is 5.78 Å². The molecule has 1 aromatic heterocycles. The Morgan fingerprint density at radius 1 is 1.73 bits per heavy atom. The Balaban J connectivity index is 3.12. The molecule has 4 nitrogen and oxygen atoms in total. The molecule has 0 amide bonds. The van der Waals surface area contributed by atoms with Crippen LogP contribution in [0.2, 0.25) is 0 Å². The largest absolute Gasteiger partial charge is 0.385 e. The van der Waals surface area contributed by atoms with Gasteiger partial charge in [0.05, 0.1) is 11.9 Å². The third kappa shape index (κ3) is 1.52.